The number of benzene rings is 2. The van der Waals surface area contributed by atoms with Gasteiger partial charge in [0.2, 0.25) is 0 Å². The van der Waals surface area contributed by atoms with Gasteiger partial charge in [0.05, 0.1) is 5.71 Å². The highest BCUT2D eigenvalue weighted by atomic mass is 35.5. The molecule has 3 N–H and O–H groups in total. The van der Waals surface area contributed by atoms with Crippen LogP contribution in [0.5, 0.6) is 5.75 Å². The predicted molar refractivity (Wildman–Crippen MR) is 91.2 cm³/mol. The van der Waals surface area contributed by atoms with Crippen LogP contribution in [0.4, 0.5) is 0 Å². The Balaban J connectivity index is 1.92. The molecule has 1 aliphatic rings. The third kappa shape index (κ3) is 3.33. The molecule has 0 radical (unpaired) electrons. The van der Waals surface area contributed by atoms with Crippen molar-refractivity contribution in [3.8, 4) is 5.75 Å². The monoisotopic (exact) mass is 330 g/mol. The number of nitrogens with zero attached hydrogens (tertiary/aromatic N) is 1. The van der Waals surface area contributed by atoms with Gasteiger partial charge in [-0.15, -0.1) is 0 Å². The second kappa shape index (κ2) is 6.60. The van der Waals surface area contributed by atoms with E-state index in [1.807, 2.05) is 43.3 Å². The van der Waals surface area contributed by atoms with E-state index >= 15 is 0 Å². The third-order valence-corrected chi connectivity index (χ3v) is 4.72. The Kier molecular flexibility index (Phi) is 4.55. The van der Waals surface area contributed by atoms with E-state index in [1.54, 1.807) is 12.1 Å². The van der Waals surface area contributed by atoms with Crippen LogP contribution in [0.25, 0.3) is 0 Å². The maximum absolute atomic E-state index is 9.48. The molecule has 0 aromatic heterocycles. The minimum atomic E-state index is 0.0101. The van der Waals surface area contributed by atoms with Crippen LogP contribution < -0.4 is 5.32 Å². The molecular weight excluding hydrogens is 312 g/mol. The first-order valence-corrected chi connectivity index (χ1v) is 7.97. The number of hydrogen-bond acceptors (Lipinski definition) is 4. The second-order valence-corrected chi connectivity index (χ2v) is 6.36. The number of phenolic OH excluding ortho intramolecular Hbond substituents is 1. The number of nitrogens with one attached hydrogen (secondary N) is 1. The lowest BCUT2D eigenvalue weighted by molar-refractivity contribution is 0.294. The molecule has 0 amide bonds. The fraction of sp³-hybridized carbons (Fsp3) is 0.278. The average Bonchev–Trinajstić information content (AvgIpc) is 2.57. The van der Waals surface area contributed by atoms with E-state index in [4.69, 9.17) is 11.6 Å². The van der Waals surface area contributed by atoms with Gasteiger partial charge in [-0.25, -0.2) is 0 Å². The summed E-state index contributed by atoms with van der Waals surface area (Å²) < 4.78 is 0. The van der Waals surface area contributed by atoms with Crippen molar-refractivity contribution >= 4 is 17.3 Å². The summed E-state index contributed by atoms with van der Waals surface area (Å²) in [6.45, 7) is 2.04. The predicted octanol–water partition coefficient (Wildman–Crippen LogP) is 4.29. The first-order chi connectivity index (χ1) is 11.1. The molecule has 0 aliphatic carbocycles. The molecule has 1 aliphatic heterocycles. The molecule has 0 spiro atoms. The molecule has 23 heavy (non-hydrogen) atoms. The van der Waals surface area contributed by atoms with Crippen LogP contribution in [0.1, 0.15) is 36.6 Å². The van der Waals surface area contributed by atoms with Crippen LogP contribution in [0.2, 0.25) is 5.02 Å². The van der Waals surface area contributed by atoms with Gasteiger partial charge in [-0.05, 0) is 35.4 Å². The topological polar surface area (TPSA) is 64.9 Å². The highest BCUT2D eigenvalue weighted by Gasteiger charge is 2.33. The molecule has 1 saturated heterocycles. The molecule has 120 valence electrons. The quantitative estimate of drug-likeness (QED) is 0.568. The lowest BCUT2D eigenvalue weighted by Gasteiger charge is -2.37. The van der Waals surface area contributed by atoms with Crippen molar-refractivity contribution in [1.82, 2.24) is 5.32 Å². The van der Waals surface area contributed by atoms with Crippen LogP contribution in [0.15, 0.2) is 53.7 Å². The summed E-state index contributed by atoms with van der Waals surface area (Å²) >= 11 is 5.96. The Morgan fingerprint density at radius 1 is 1.04 bits per heavy atom. The first kappa shape index (κ1) is 15.8. The Morgan fingerprint density at radius 2 is 1.65 bits per heavy atom. The van der Waals surface area contributed by atoms with Gasteiger partial charge in [-0.2, -0.15) is 0 Å². The molecule has 1 heterocycles. The van der Waals surface area contributed by atoms with Crippen molar-refractivity contribution in [2.45, 2.75) is 25.4 Å². The molecule has 2 aromatic rings. The Bertz CT molecular complexity index is 698. The van der Waals surface area contributed by atoms with Crippen molar-refractivity contribution in [3.63, 3.8) is 0 Å². The fourth-order valence-electron chi connectivity index (χ4n) is 3.12. The molecular formula is C18H19ClN2O2. The number of aromatic hydroxyl groups is 1. The van der Waals surface area contributed by atoms with Crippen LogP contribution in [0.3, 0.4) is 0 Å². The Labute approximate surface area is 140 Å². The summed E-state index contributed by atoms with van der Waals surface area (Å²) in [4.78, 5) is 0. The number of halogens is 1. The standard InChI is InChI=1S/C18H19ClN2O2/c1-11-16(21-23)10-17(12-2-6-14(19)7-3-12)20-18(11)13-4-8-15(22)9-5-13/h2-9,11,17-18,20,22-23H,10H2,1H3/b21-16+. The average molecular weight is 331 g/mol. The van der Waals surface area contributed by atoms with E-state index in [-0.39, 0.29) is 23.8 Å². The maximum atomic E-state index is 9.48. The highest BCUT2D eigenvalue weighted by Crippen LogP contribution is 2.36. The van der Waals surface area contributed by atoms with Crippen LogP contribution in [-0.2, 0) is 0 Å². The van der Waals surface area contributed by atoms with E-state index in [2.05, 4.69) is 10.5 Å². The van der Waals surface area contributed by atoms with Crippen LogP contribution in [-0.4, -0.2) is 16.0 Å². The summed E-state index contributed by atoms with van der Waals surface area (Å²) in [5.41, 5.74) is 2.92. The van der Waals surface area contributed by atoms with Crippen LogP contribution in [0, 0.1) is 5.92 Å². The number of rotatable bonds is 2. The van der Waals surface area contributed by atoms with Gasteiger partial charge in [0.25, 0.3) is 0 Å². The molecule has 3 atom stereocenters. The lowest BCUT2D eigenvalue weighted by atomic mass is 9.81. The fourth-order valence-corrected chi connectivity index (χ4v) is 3.24. The van der Waals surface area contributed by atoms with Crippen molar-refractivity contribution in [1.29, 1.82) is 0 Å². The summed E-state index contributed by atoms with van der Waals surface area (Å²) in [7, 11) is 0. The van der Waals surface area contributed by atoms with E-state index < -0.39 is 0 Å². The second-order valence-electron chi connectivity index (χ2n) is 5.92. The normalized spacial score (nSPS) is 26.3. The van der Waals surface area contributed by atoms with Crippen molar-refractivity contribution in [3.05, 3.63) is 64.7 Å². The number of phenols is 1. The molecule has 4 nitrogen and oxygen atoms in total. The maximum Gasteiger partial charge on any atom is 0.115 e. The van der Waals surface area contributed by atoms with Gasteiger partial charge in [0.1, 0.15) is 5.75 Å². The van der Waals surface area contributed by atoms with Gasteiger partial charge in [0.15, 0.2) is 0 Å². The van der Waals surface area contributed by atoms with Crippen molar-refractivity contribution in [2.24, 2.45) is 11.1 Å². The highest BCUT2D eigenvalue weighted by molar-refractivity contribution is 6.30. The number of hydrogen-bond donors (Lipinski definition) is 3. The SMILES string of the molecule is CC1/C(=N/O)CC(c2ccc(Cl)cc2)NC1c1ccc(O)cc1. The van der Waals surface area contributed by atoms with Crippen molar-refractivity contribution < 1.29 is 10.3 Å². The van der Waals surface area contributed by atoms with Gasteiger partial charge in [-0.3, -0.25) is 0 Å². The van der Waals surface area contributed by atoms with E-state index in [1.165, 1.54) is 0 Å². The van der Waals surface area contributed by atoms with Gasteiger partial charge >= 0.3 is 0 Å². The zero-order valence-corrected chi connectivity index (χ0v) is 13.5. The molecule has 1 fully saturated rings. The number of piperidine rings is 1. The molecule has 3 rings (SSSR count). The minimum Gasteiger partial charge on any atom is -0.508 e. The molecule has 0 bridgehead atoms. The lowest BCUT2D eigenvalue weighted by Crippen LogP contribution is -2.41. The Morgan fingerprint density at radius 3 is 2.26 bits per heavy atom. The molecule has 5 heteroatoms. The zero-order chi connectivity index (χ0) is 16.4. The third-order valence-electron chi connectivity index (χ3n) is 4.47. The molecule has 0 saturated carbocycles. The van der Waals surface area contributed by atoms with Gasteiger partial charge < -0.3 is 15.6 Å². The first-order valence-electron chi connectivity index (χ1n) is 7.59. The van der Waals surface area contributed by atoms with E-state index in [9.17, 15) is 10.3 Å². The largest absolute Gasteiger partial charge is 0.508 e. The molecule has 2 aromatic carbocycles. The number of oxime groups is 1. The van der Waals surface area contributed by atoms with Gasteiger partial charge in [0, 0.05) is 29.4 Å². The van der Waals surface area contributed by atoms with Crippen molar-refractivity contribution in [2.75, 3.05) is 0 Å². The summed E-state index contributed by atoms with van der Waals surface area (Å²) in [5.74, 6) is 0.301. The van der Waals surface area contributed by atoms with E-state index in [0.29, 0.717) is 11.4 Å². The van der Waals surface area contributed by atoms with Crippen LogP contribution >= 0.6 is 11.6 Å². The zero-order valence-electron chi connectivity index (χ0n) is 12.8. The van der Waals surface area contributed by atoms with Gasteiger partial charge in [-0.1, -0.05) is 47.9 Å². The van der Waals surface area contributed by atoms with E-state index in [0.717, 1.165) is 16.8 Å². The summed E-state index contributed by atoms with van der Waals surface area (Å²) in [6, 6.07) is 14.9. The summed E-state index contributed by atoms with van der Waals surface area (Å²) in [6.07, 6.45) is 0.647. The summed E-state index contributed by atoms with van der Waals surface area (Å²) in [5, 5.41) is 26.7. The molecule has 3 unspecified atom stereocenters. The Hall–Kier alpha value is -2.04. The smallest absolute Gasteiger partial charge is 0.115 e. The minimum absolute atomic E-state index is 0.0101.